The second-order valence-corrected chi connectivity index (χ2v) is 7.46. The van der Waals surface area contributed by atoms with Gasteiger partial charge in [-0.1, -0.05) is 30.3 Å². The first-order valence-electron chi connectivity index (χ1n) is 9.44. The number of nitro benzene ring substituents is 1. The summed E-state index contributed by atoms with van der Waals surface area (Å²) in [6, 6.07) is 12.2. The van der Waals surface area contributed by atoms with Crippen molar-refractivity contribution < 1.29 is 29.0 Å². The Labute approximate surface area is 173 Å². The third kappa shape index (κ3) is 4.46. The minimum Gasteiger partial charge on any atom is -0.490 e. The summed E-state index contributed by atoms with van der Waals surface area (Å²) >= 11 is 0. The largest absolute Gasteiger partial charge is 0.490 e. The average molecular weight is 416 g/mol. The zero-order chi connectivity index (χ0) is 21.9. The van der Waals surface area contributed by atoms with Crippen molar-refractivity contribution in [3.8, 4) is 11.5 Å². The van der Waals surface area contributed by atoms with Gasteiger partial charge in [0.2, 0.25) is 0 Å². The minimum atomic E-state index is -1.20. The second kappa shape index (κ2) is 8.58. The summed E-state index contributed by atoms with van der Waals surface area (Å²) in [4.78, 5) is 23.1. The topological polar surface area (TPSA) is 120 Å². The molecule has 1 aliphatic rings. The van der Waals surface area contributed by atoms with Gasteiger partial charge in [0, 0.05) is 12.1 Å². The van der Waals surface area contributed by atoms with E-state index in [4.69, 9.17) is 14.2 Å². The zero-order valence-electron chi connectivity index (χ0n) is 17.0. The van der Waals surface area contributed by atoms with Gasteiger partial charge in [0.15, 0.2) is 11.9 Å². The zero-order valence-corrected chi connectivity index (χ0v) is 17.0. The molecule has 0 aliphatic carbocycles. The number of nitrogens with zero attached hydrogens (tertiary/aromatic N) is 1. The first-order chi connectivity index (χ1) is 14.2. The minimum absolute atomic E-state index is 0.0210. The van der Waals surface area contributed by atoms with Crippen LogP contribution in [-0.4, -0.2) is 41.5 Å². The number of nitro groups is 1. The molecule has 2 atom stereocenters. The van der Waals surface area contributed by atoms with Crippen LogP contribution in [0, 0.1) is 10.1 Å². The van der Waals surface area contributed by atoms with Crippen molar-refractivity contribution in [1.82, 2.24) is 5.32 Å². The summed E-state index contributed by atoms with van der Waals surface area (Å²) in [6.07, 6.45) is -2.38. The van der Waals surface area contributed by atoms with Gasteiger partial charge in [-0.05, 0) is 31.9 Å². The van der Waals surface area contributed by atoms with Crippen molar-refractivity contribution >= 4 is 11.8 Å². The molecule has 9 heteroatoms. The first-order valence-corrected chi connectivity index (χ1v) is 9.44. The lowest BCUT2D eigenvalue weighted by Gasteiger charge is -2.41. The quantitative estimate of drug-likeness (QED) is 0.548. The van der Waals surface area contributed by atoms with Crippen molar-refractivity contribution in [2.75, 3.05) is 13.7 Å². The second-order valence-electron chi connectivity index (χ2n) is 7.46. The molecule has 1 aliphatic heterocycles. The molecule has 160 valence electrons. The predicted molar refractivity (Wildman–Crippen MR) is 108 cm³/mol. The average Bonchev–Trinajstić information content (AvgIpc) is 2.71. The summed E-state index contributed by atoms with van der Waals surface area (Å²) < 4.78 is 16.3. The van der Waals surface area contributed by atoms with E-state index in [2.05, 4.69) is 5.32 Å². The van der Waals surface area contributed by atoms with Gasteiger partial charge in [0.1, 0.15) is 17.5 Å². The Morgan fingerprint density at radius 1 is 1.30 bits per heavy atom. The summed E-state index contributed by atoms with van der Waals surface area (Å²) in [6.45, 7) is 3.57. The number of methoxy groups -OCH3 is 1. The van der Waals surface area contributed by atoms with E-state index in [9.17, 15) is 20.0 Å². The number of hydrogen-bond donors (Lipinski definition) is 2. The molecule has 30 heavy (non-hydrogen) atoms. The van der Waals surface area contributed by atoms with E-state index < -0.39 is 28.8 Å². The number of benzene rings is 2. The number of alkyl carbamates (subject to hydrolysis) is 1. The van der Waals surface area contributed by atoms with Crippen LogP contribution in [0.2, 0.25) is 0 Å². The van der Waals surface area contributed by atoms with Crippen molar-refractivity contribution in [1.29, 1.82) is 0 Å². The Morgan fingerprint density at radius 2 is 2.00 bits per heavy atom. The fourth-order valence-corrected chi connectivity index (χ4v) is 3.30. The maximum Gasteiger partial charge on any atom is 0.407 e. The highest BCUT2D eigenvalue weighted by molar-refractivity contribution is 5.68. The molecular formula is C21H24N2O7. The molecule has 0 unspecified atom stereocenters. The number of nitrogens with one attached hydrogen (secondary N) is 1. The lowest BCUT2D eigenvalue weighted by Crippen LogP contribution is -2.50. The highest BCUT2D eigenvalue weighted by Crippen LogP contribution is 2.46. The van der Waals surface area contributed by atoms with E-state index >= 15 is 0 Å². The number of ether oxygens (including phenoxy) is 3. The molecule has 2 aromatic carbocycles. The fourth-order valence-electron chi connectivity index (χ4n) is 3.30. The molecule has 0 aromatic heterocycles. The number of amides is 1. The SMILES string of the molecule is COc1cc2c(cc1[N+](=O)[O-])OC(C)(C)[C@H](O)[C@H]2OC(=O)NCCc1ccccc1. The Bertz CT molecular complexity index is 930. The van der Waals surface area contributed by atoms with Crippen molar-refractivity contribution in [2.45, 2.75) is 38.1 Å². The van der Waals surface area contributed by atoms with Crippen molar-refractivity contribution in [2.24, 2.45) is 0 Å². The molecule has 0 fully saturated rings. The van der Waals surface area contributed by atoms with E-state index in [0.29, 0.717) is 18.5 Å². The summed E-state index contributed by atoms with van der Waals surface area (Å²) in [5.41, 5.74) is -0.0610. The molecule has 1 amide bonds. The number of rotatable bonds is 6. The smallest absolute Gasteiger partial charge is 0.407 e. The highest BCUT2D eigenvalue weighted by atomic mass is 16.6. The van der Waals surface area contributed by atoms with Gasteiger partial charge in [-0.25, -0.2) is 4.79 Å². The van der Waals surface area contributed by atoms with Crippen LogP contribution >= 0.6 is 0 Å². The molecule has 9 nitrogen and oxygen atoms in total. The van der Waals surface area contributed by atoms with E-state index in [1.54, 1.807) is 13.8 Å². The van der Waals surface area contributed by atoms with E-state index in [1.165, 1.54) is 19.2 Å². The molecule has 2 aromatic rings. The van der Waals surface area contributed by atoms with Crippen LogP contribution in [0.3, 0.4) is 0 Å². The van der Waals surface area contributed by atoms with Crippen LogP contribution in [0.1, 0.15) is 31.1 Å². The molecule has 0 saturated heterocycles. The van der Waals surface area contributed by atoms with Gasteiger partial charge in [-0.2, -0.15) is 0 Å². The van der Waals surface area contributed by atoms with Gasteiger partial charge in [-0.15, -0.1) is 0 Å². The molecule has 3 rings (SSSR count). The van der Waals surface area contributed by atoms with Gasteiger partial charge in [0.25, 0.3) is 0 Å². The number of fused-ring (bicyclic) bond motifs is 1. The van der Waals surface area contributed by atoms with Crippen LogP contribution in [0.25, 0.3) is 0 Å². The number of aliphatic hydroxyl groups excluding tert-OH is 1. The third-order valence-electron chi connectivity index (χ3n) is 4.95. The lowest BCUT2D eigenvalue weighted by molar-refractivity contribution is -0.385. The van der Waals surface area contributed by atoms with Gasteiger partial charge in [0.05, 0.1) is 18.1 Å². The van der Waals surface area contributed by atoms with Gasteiger partial charge >= 0.3 is 11.8 Å². The Hall–Kier alpha value is -3.33. The Balaban J connectivity index is 1.79. The van der Waals surface area contributed by atoms with Gasteiger partial charge < -0.3 is 24.6 Å². The van der Waals surface area contributed by atoms with E-state index in [-0.39, 0.29) is 17.2 Å². The first kappa shape index (κ1) is 21.4. The van der Waals surface area contributed by atoms with Crippen LogP contribution < -0.4 is 14.8 Å². The predicted octanol–water partition coefficient (Wildman–Crippen LogP) is 3.15. The van der Waals surface area contributed by atoms with Crippen molar-refractivity contribution in [3.05, 3.63) is 63.7 Å². The van der Waals surface area contributed by atoms with Crippen molar-refractivity contribution in [3.63, 3.8) is 0 Å². The van der Waals surface area contributed by atoms with E-state index in [0.717, 1.165) is 5.56 Å². The fraction of sp³-hybridized carbons (Fsp3) is 0.381. The van der Waals surface area contributed by atoms with Crippen LogP contribution in [0.15, 0.2) is 42.5 Å². The lowest BCUT2D eigenvalue weighted by atomic mass is 9.88. The summed E-state index contributed by atoms with van der Waals surface area (Å²) in [7, 11) is 1.30. The van der Waals surface area contributed by atoms with Crippen LogP contribution in [0.5, 0.6) is 11.5 Å². The van der Waals surface area contributed by atoms with Crippen LogP contribution in [-0.2, 0) is 11.2 Å². The molecular weight excluding hydrogens is 392 g/mol. The number of aliphatic hydroxyl groups is 1. The van der Waals surface area contributed by atoms with Gasteiger partial charge in [-0.3, -0.25) is 10.1 Å². The molecule has 0 saturated carbocycles. The van der Waals surface area contributed by atoms with Crippen LogP contribution in [0.4, 0.5) is 10.5 Å². The number of carbonyl (C=O) groups excluding carboxylic acids is 1. The standard InChI is InChI=1S/C21H24N2O7/c1-21(2)19(24)18(29-20(25)22-10-9-13-7-5-4-6-8-13)14-11-17(28-3)15(23(26)27)12-16(14)30-21/h4-8,11-12,18-19,24H,9-10H2,1-3H3,(H,22,25)/t18-,19+/m0/s1. The molecule has 0 bridgehead atoms. The molecule has 0 radical (unpaired) electrons. The number of carbonyl (C=O) groups is 1. The normalized spacial score (nSPS) is 19.2. The summed E-state index contributed by atoms with van der Waals surface area (Å²) in [5, 5.41) is 24.7. The highest BCUT2D eigenvalue weighted by Gasteiger charge is 2.46. The third-order valence-corrected chi connectivity index (χ3v) is 4.95. The maximum atomic E-state index is 12.4. The molecule has 2 N–H and O–H groups in total. The Morgan fingerprint density at radius 3 is 2.63 bits per heavy atom. The maximum absolute atomic E-state index is 12.4. The monoisotopic (exact) mass is 416 g/mol. The number of hydrogen-bond acceptors (Lipinski definition) is 7. The molecule has 1 heterocycles. The van der Waals surface area contributed by atoms with E-state index in [1.807, 2.05) is 30.3 Å². The molecule has 0 spiro atoms. The summed E-state index contributed by atoms with van der Waals surface area (Å²) in [5.74, 6) is 0.132. The Kier molecular flexibility index (Phi) is 6.12.